The normalized spacial score (nSPS) is 22.0. The molecule has 3 rings (SSSR count). The monoisotopic (exact) mass is 323 g/mol. The van der Waals surface area contributed by atoms with Gasteiger partial charge in [-0.1, -0.05) is 12.8 Å². The van der Waals surface area contributed by atoms with Gasteiger partial charge in [0, 0.05) is 44.7 Å². The van der Waals surface area contributed by atoms with E-state index in [1.54, 1.807) is 18.3 Å². The molecule has 1 saturated carbocycles. The fraction of sp³-hybridized carbons (Fsp3) is 0.688. The zero-order valence-corrected chi connectivity index (χ0v) is 14.1. The first kappa shape index (κ1) is 15.7. The third-order valence-electron chi connectivity index (χ3n) is 4.82. The van der Waals surface area contributed by atoms with Crippen molar-refractivity contribution >= 4 is 15.7 Å². The molecule has 1 aliphatic heterocycles. The summed E-state index contributed by atoms with van der Waals surface area (Å²) in [6, 6.07) is 4.10. The van der Waals surface area contributed by atoms with Gasteiger partial charge >= 0.3 is 0 Å². The van der Waals surface area contributed by atoms with E-state index in [0.29, 0.717) is 10.7 Å². The van der Waals surface area contributed by atoms with Gasteiger partial charge in [0.15, 0.2) is 9.84 Å². The summed E-state index contributed by atoms with van der Waals surface area (Å²) in [5.41, 5.74) is 0. The van der Waals surface area contributed by atoms with Crippen molar-refractivity contribution in [2.75, 3.05) is 37.3 Å². The van der Waals surface area contributed by atoms with Crippen LogP contribution in [0.2, 0.25) is 0 Å². The lowest BCUT2D eigenvalue weighted by Crippen LogP contribution is -2.37. The van der Waals surface area contributed by atoms with Crippen molar-refractivity contribution < 1.29 is 8.42 Å². The number of hydrogen-bond donors (Lipinski definition) is 0. The standard InChI is InChI=1S/C16H25N3O2S/c1-22(20,21)15-8-4-9-17-16(15)19-11-5-10-18(12-13-19)14-6-2-3-7-14/h4,8-9,14H,2-3,5-7,10-13H2,1H3. The van der Waals surface area contributed by atoms with Crippen LogP contribution in [-0.4, -0.2) is 56.8 Å². The molecule has 0 aromatic carbocycles. The van der Waals surface area contributed by atoms with Crippen LogP contribution < -0.4 is 4.90 Å². The van der Waals surface area contributed by atoms with Crippen molar-refractivity contribution in [2.45, 2.75) is 43.0 Å². The van der Waals surface area contributed by atoms with E-state index in [0.717, 1.165) is 38.6 Å². The van der Waals surface area contributed by atoms with E-state index in [1.165, 1.54) is 31.9 Å². The van der Waals surface area contributed by atoms with Crippen LogP contribution in [0.4, 0.5) is 5.82 Å². The summed E-state index contributed by atoms with van der Waals surface area (Å²) >= 11 is 0. The fourth-order valence-corrected chi connectivity index (χ4v) is 4.53. The molecule has 5 nitrogen and oxygen atoms in total. The molecule has 1 aliphatic carbocycles. The Morgan fingerprint density at radius 1 is 1.09 bits per heavy atom. The summed E-state index contributed by atoms with van der Waals surface area (Å²) in [6.07, 6.45) is 9.35. The van der Waals surface area contributed by atoms with Crippen LogP contribution >= 0.6 is 0 Å². The average Bonchev–Trinajstić information content (AvgIpc) is 2.91. The van der Waals surface area contributed by atoms with Gasteiger partial charge in [-0.05, 0) is 31.4 Å². The summed E-state index contributed by atoms with van der Waals surface area (Å²) < 4.78 is 24.0. The first-order valence-corrected chi connectivity index (χ1v) is 10.1. The molecule has 0 radical (unpaired) electrons. The number of rotatable bonds is 3. The first-order chi connectivity index (χ1) is 10.6. The van der Waals surface area contributed by atoms with Gasteiger partial charge < -0.3 is 4.90 Å². The van der Waals surface area contributed by atoms with E-state index in [4.69, 9.17) is 0 Å². The molecule has 1 aromatic rings. The number of aromatic nitrogens is 1. The highest BCUT2D eigenvalue weighted by Gasteiger charge is 2.26. The molecule has 0 spiro atoms. The summed E-state index contributed by atoms with van der Waals surface area (Å²) in [6.45, 7) is 3.85. The minimum atomic E-state index is -3.24. The maximum atomic E-state index is 12.0. The molecule has 1 aromatic heterocycles. The second kappa shape index (κ2) is 6.54. The number of pyridine rings is 1. The van der Waals surface area contributed by atoms with Gasteiger partial charge in [-0.2, -0.15) is 0 Å². The van der Waals surface area contributed by atoms with Crippen molar-refractivity contribution in [1.82, 2.24) is 9.88 Å². The van der Waals surface area contributed by atoms with Crippen molar-refractivity contribution in [1.29, 1.82) is 0 Å². The van der Waals surface area contributed by atoms with Crippen LogP contribution in [0, 0.1) is 0 Å². The smallest absolute Gasteiger partial charge is 0.179 e. The Kier molecular flexibility index (Phi) is 4.68. The SMILES string of the molecule is CS(=O)(=O)c1cccnc1N1CCCN(C2CCCC2)CC1. The van der Waals surface area contributed by atoms with Gasteiger partial charge in [0.2, 0.25) is 0 Å². The summed E-state index contributed by atoms with van der Waals surface area (Å²) in [5.74, 6) is 0.623. The molecule has 2 aliphatic rings. The molecule has 1 saturated heterocycles. The minimum absolute atomic E-state index is 0.351. The van der Waals surface area contributed by atoms with E-state index >= 15 is 0 Å². The molecule has 0 bridgehead atoms. The van der Waals surface area contributed by atoms with Crippen LogP contribution in [0.3, 0.4) is 0 Å². The number of sulfone groups is 1. The van der Waals surface area contributed by atoms with Gasteiger partial charge in [-0.3, -0.25) is 4.90 Å². The van der Waals surface area contributed by atoms with E-state index in [2.05, 4.69) is 14.8 Å². The number of nitrogens with zero attached hydrogens (tertiary/aromatic N) is 3. The Morgan fingerprint density at radius 2 is 1.86 bits per heavy atom. The molecule has 0 unspecified atom stereocenters. The number of anilines is 1. The summed E-state index contributed by atoms with van der Waals surface area (Å²) in [7, 11) is -3.24. The van der Waals surface area contributed by atoms with Gasteiger partial charge in [-0.15, -0.1) is 0 Å². The van der Waals surface area contributed by atoms with Crippen LogP contribution in [0.25, 0.3) is 0 Å². The molecule has 122 valence electrons. The molecule has 0 N–H and O–H groups in total. The molecule has 2 heterocycles. The third kappa shape index (κ3) is 3.43. The zero-order chi connectivity index (χ0) is 15.6. The lowest BCUT2D eigenvalue weighted by atomic mass is 10.2. The largest absolute Gasteiger partial charge is 0.354 e. The van der Waals surface area contributed by atoms with Crippen LogP contribution in [-0.2, 0) is 9.84 Å². The highest BCUT2D eigenvalue weighted by atomic mass is 32.2. The fourth-order valence-electron chi connectivity index (χ4n) is 3.69. The Morgan fingerprint density at radius 3 is 2.59 bits per heavy atom. The van der Waals surface area contributed by atoms with E-state index < -0.39 is 9.84 Å². The quantitative estimate of drug-likeness (QED) is 0.851. The topological polar surface area (TPSA) is 53.5 Å². The Balaban J connectivity index is 1.76. The predicted molar refractivity (Wildman–Crippen MR) is 88.0 cm³/mol. The maximum Gasteiger partial charge on any atom is 0.179 e. The van der Waals surface area contributed by atoms with E-state index in [9.17, 15) is 8.42 Å². The zero-order valence-electron chi connectivity index (χ0n) is 13.2. The molecule has 2 fully saturated rings. The van der Waals surface area contributed by atoms with Gasteiger partial charge in [0.1, 0.15) is 10.7 Å². The Hall–Kier alpha value is -1.14. The highest BCUT2D eigenvalue weighted by Crippen LogP contribution is 2.27. The van der Waals surface area contributed by atoms with Gasteiger partial charge in [-0.25, -0.2) is 13.4 Å². The van der Waals surface area contributed by atoms with E-state index in [1.807, 2.05) is 0 Å². The van der Waals surface area contributed by atoms with E-state index in [-0.39, 0.29) is 0 Å². The van der Waals surface area contributed by atoms with Crippen molar-refractivity contribution in [3.8, 4) is 0 Å². The van der Waals surface area contributed by atoms with Crippen LogP contribution in [0.5, 0.6) is 0 Å². The minimum Gasteiger partial charge on any atom is -0.354 e. The van der Waals surface area contributed by atoms with Crippen LogP contribution in [0.15, 0.2) is 23.2 Å². The molecular formula is C16H25N3O2S. The highest BCUT2D eigenvalue weighted by molar-refractivity contribution is 7.90. The summed E-state index contributed by atoms with van der Waals surface area (Å²) in [5, 5.41) is 0. The average molecular weight is 323 g/mol. The molecule has 6 heteroatoms. The predicted octanol–water partition coefficient (Wildman–Crippen LogP) is 1.94. The molecule has 0 atom stereocenters. The van der Waals surface area contributed by atoms with Crippen LogP contribution in [0.1, 0.15) is 32.1 Å². The number of hydrogen-bond acceptors (Lipinski definition) is 5. The van der Waals surface area contributed by atoms with Gasteiger partial charge in [0.05, 0.1) is 0 Å². The Labute approximate surface area is 133 Å². The van der Waals surface area contributed by atoms with Crippen molar-refractivity contribution in [3.63, 3.8) is 0 Å². The lowest BCUT2D eigenvalue weighted by Gasteiger charge is -2.27. The van der Waals surface area contributed by atoms with Crippen molar-refractivity contribution in [3.05, 3.63) is 18.3 Å². The molecule has 0 amide bonds. The third-order valence-corrected chi connectivity index (χ3v) is 5.94. The molecule has 22 heavy (non-hydrogen) atoms. The lowest BCUT2D eigenvalue weighted by molar-refractivity contribution is 0.213. The maximum absolute atomic E-state index is 12.0. The summed E-state index contributed by atoms with van der Waals surface area (Å²) in [4.78, 5) is 9.45. The second-order valence-electron chi connectivity index (χ2n) is 6.41. The molecular weight excluding hydrogens is 298 g/mol. The second-order valence-corrected chi connectivity index (χ2v) is 8.40. The van der Waals surface area contributed by atoms with Gasteiger partial charge in [0.25, 0.3) is 0 Å². The Bertz CT molecular complexity index is 612. The van der Waals surface area contributed by atoms with Crippen molar-refractivity contribution in [2.24, 2.45) is 0 Å². The first-order valence-electron chi connectivity index (χ1n) is 8.20.